The van der Waals surface area contributed by atoms with Crippen LogP contribution in [0.4, 0.5) is 5.69 Å². The summed E-state index contributed by atoms with van der Waals surface area (Å²) < 4.78 is 4.73. The summed E-state index contributed by atoms with van der Waals surface area (Å²) in [6.45, 7) is 5.09. The molecule has 0 radical (unpaired) electrons. The molecular weight excluding hydrogens is 238 g/mol. The maximum atomic E-state index is 11.6. The van der Waals surface area contributed by atoms with Gasteiger partial charge in [-0.25, -0.2) is 4.79 Å². The third kappa shape index (κ3) is 3.93. The van der Waals surface area contributed by atoms with Crippen molar-refractivity contribution in [3.05, 3.63) is 28.8 Å². The number of hydrogen-bond donors (Lipinski definition) is 1. The van der Waals surface area contributed by atoms with Crippen molar-refractivity contribution in [3.63, 3.8) is 0 Å². The fraction of sp³-hybridized carbons (Fsp3) is 0.462. The second-order valence-corrected chi connectivity index (χ2v) is 4.51. The Morgan fingerprint density at radius 1 is 1.53 bits per heavy atom. The quantitative estimate of drug-likeness (QED) is 0.818. The van der Waals surface area contributed by atoms with Crippen LogP contribution in [-0.2, 0) is 4.74 Å². The van der Waals surface area contributed by atoms with Crippen LogP contribution >= 0.6 is 11.6 Å². The van der Waals surface area contributed by atoms with E-state index in [4.69, 9.17) is 16.3 Å². The third-order valence-corrected chi connectivity index (χ3v) is 2.96. The van der Waals surface area contributed by atoms with E-state index in [-0.39, 0.29) is 5.97 Å². The third-order valence-electron chi connectivity index (χ3n) is 2.72. The predicted molar refractivity (Wildman–Crippen MR) is 70.7 cm³/mol. The van der Waals surface area contributed by atoms with Crippen LogP contribution < -0.4 is 5.32 Å². The molecule has 0 aliphatic rings. The van der Waals surface area contributed by atoms with Crippen molar-refractivity contribution in [3.8, 4) is 0 Å². The van der Waals surface area contributed by atoms with Gasteiger partial charge in [-0.2, -0.15) is 0 Å². The minimum absolute atomic E-state index is 0.353. The van der Waals surface area contributed by atoms with Crippen molar-refractivity contribution >= 4 is 23.3 Å². The fourth-order valence-electron chi connectivity index (χ4n) is 1.38. The second kappa shape index (κ2) is 6.50. The van der Waals surface area contributed by atoms with Crippen LogP contribution in [0.1, 0.15) is 30.6 Å². The molecule has 1 unspecified atom stereocenters. The molecule has 0 aromatic heterocycles. The summed E-state index contributed by atoms with van der Waals surface area (Å²) in [5.74, 6) is 0.188. The summed E-state index contributed by atoms with van der Waals surface area (Å²) >= 11 is 5.92. The highest BCUT2D eigenvalue weighted by Crippen LogP contribution is 2.22. The first kappa shape index (κ1) is 13.8. The number of carbonyl (C=O) groups is 1. The summed E-state index contributed by atoms with van der Waals surface area (Å²) in [6.07, 6.45) is 1.08. The van der Waals surface area contributed by atoms with E-state index in [0.29, 0.717) is 16.5 Å². The molecule has 1 aromatic rings. The Balaban J connectivity index is 2.87. The van der Waals surface area contributed by atoms with Crippen molar-refractivity contribution in [1.29, 1.82) is 0 Å². The summed E-state index contributed by atoms with van der Waals surface area (Å²) in [5, 5.41) is 3.84. The van der Waals surface area contributed by atoms with Gasteiger partial charge in [0.15, 0.2) is 0 Å². The van der Waals surface area contributed by atoms with Gasteiger partial charge in [-0.15, -0.1) is 0 Å². The van der Waals surface area contributed by atoms with Crippen molar-refractivity contribution < 1.29 is 9.53 Å². The number of halogens is 1. The van der Waals surface area contributed by atoms with Crippen LogP contribution in [0, 0.1) is 5.92 Å². The maximum Gasteiger partial charge on any atom is 0.339 e. The summed E-state index contributed by atoms with van der Waals surface area (Å²) in [4.78, 5) is 11.6. The van der Waals surface area contributed by atoms with E-state index in [1.54, 1.807) is 18.2 Å². The molecule has 0 aliphatic heterocycles. The zero-order chi connectivity index (χ0) is 12.8. The fourth-order valence-corrected chi connectivity index (χ4v) is 1.55. The molecule has 1 atom stereocenters. The zero-order valence-corrected chi connectivity index (χ0v) is 11.2. The van der Waals surface area contributed by atoms with Gasteiger partial charge in [0.05, 0.1) is 18.4 Å². The van der Waals surface area contributed by atoms with Crippen LogP contribution in [0.5, 0.6) is 0 Å². The van der Waals surface area contributed by atoms with E-state index in [9.17, 15) is 4.79 Å². The molecule has 94 valence electrons. The first-order valence-electron chi connectivity index (χ1n) is 5.70. The molecule has 4 heteroatoms. The van der Waals surface area contributed by atoms with Gasteiger partial charge in [0.2, 0.25) is 0 Å². The van der Waals surface area contributed by atoms with Crippen molar-refractivity contribution in [1.82, 2.24) is 0 Å². The van der Waals surface area contributed by atoms with E-state index in [2.05, 4.69) is 19.2 Å². The number of methoxy groups -OCH3 is 1. The van der Waals surface area contributed by atoms with Gasteiger partial charge in [-0.1, -0.05) is 31.9 Å². The van der Waals surface area contributed by atoms with Gasteiger partial charge in [0, 0.05) is 11.6 Å². The number of carbonyl (C=O) groups excluding carboxylic acids is 1. The normalized spacial score (nSPS) is 12.0. The predicted octanol–water partition coefficient (Wildman–Crippen LogP) is 3.58. The molecule has 1 rings (SSSR count). The molecule has 0 aliphatic carbocycles. The van der Waals surface area contributed by atoms with Crippen LogP contribution in [0.3, 0.4) is 0 Å². The molecule has 0 saturated heterocycles. The second-order valence-electron chi connectivity index (χ2n) is 4.08. The molecule has 0 bridgehead atoms. The average Bonchev–Trinajstić information content (AvgIpc) is 2.35. The molecule has 1 aromatic carbocycles. The Kier molecular flexibility index (Phi) is 5.29. The lowest BCUT2D eigenvalue weighted by Crippen LogP contribution is -2.13. The summed E-state index contributed by atoms with van der Waals surface area (Å²) in [7, 11) is 1.37. The van der Waals surface area contributed by atoms with E-state index in [1.807, 2.05) is 0 Å². The maximum absolute atomic E-state index is 11.6. The Morgan fingerprint density at radius 3 is 2.82 bits per heavy atom. The number of ether oxygens (including phenoxy) is 1. The number of anilines is 1. The Morgan fingerprint density at radius 2 is 2.24 bits per heavy atom. The van der Waals surface area contributed by atoms with Crippen LogP contribution in [0.2, 0.25) is 5.02 Å². The molecule has 0 amide bonds. The van der Waals surface area contributed by atoms with Gasteiger partial charge in [-0.3, -0.25) is 0 Å². The Bertz CT molecular complexity index is 393. The monoisotopic (exact) mass is 255 g/mol. The van der Waals surface area contributed by atoms with Crippen molar-refractivity contribution in [2.24, 2.45) is 5.92 Å². The Hall–Kier alpha value is -1.22. The number of nitrogens with one attached hydrogen (secondary N) is 1. The van der Waals surface area contributed by atoms with Gasteiger partial charge >= 0.3 is 5.97 Å². The van der Waals surface area contributed by atoms with Crippen molar-refractivity contribution in [2.75, 3.05) is 19.0 Å². The SMILES string of the molecule is CCC(C)CNc1cc(Cl)ccc1C(=O)OC. The summed E-state index contributed by atoms with van der Waals surface area (Å²) in [5.41, 5.74) is 1.24. The standard InChI is InChI=1S/C13H18ClNO2/c1-4-9(2)8-15-12-7-10(14)5-6-11(12)13(16)17-3/h5-7,9,15H,4,8H2,1-3H3. The smallest absolute Gasteiger partial charge is 0.339 e. The highest BCUT2D eigenvalue weighted by Gasteiger charge is 2.12. The largest absolute Gasteiger partial charge is 0.465 e. The van der Waals surface area contributed by atoms with Gasteiger partial charge < -0.3 is 10.1 Å². The van der Waals surface area contributed by atoms with Gasteiger partial charge in [0.25, 0.3) is 0 Å². The number of hydrogen-bond acceptors (Lipinski definition) is 3. The minimum atomic E-state index is -0.353. The lowest BCUT2D eigenvalue weighted by molar-refractivity contribution is 0.0602. The minimum Gasteiger partial charge on any atom is -0.465 e. The molecule has 1 N–H and O–H groups in total. The molecule has 3 nitrogen and oxygen atoms in total. The van der Waals surface area contributed by atoms with Gasteiger partial charge in [0.1, 0.15) is 0 Å². The van der Waals surface area contributed by atoms with E-state index >= 15 is 0 Å². The molecule has 0 saturated carbocycles. The topological polar surface area (TPSA) is 38.3 Å². The Labute approximate surface area is 107 Å². The van der Waals surface area contributed by atoms with Gasteiger partial charge in [-0.05, 0) is 24.1 Å². The highest BCUT2D eigenvalue weighted by atomic mass is 35.5. The molecule has 17 heavy (non-hydrogen) atoms. The van der Waals surface area contributed by atoms with Crippen LogP contribution in [-0.4, -0.2) is 19.6 Å². The summed E-state index contributed by atoms with van der Waals surface area (Å²) in [6, 6.07) is 5.10. The average molecular weight is 256 g/mol. The number of benzene rings is 1. The number of esters is 1. The zero-order valence-electron chi connectivity index (χ0n) is 10.4. The van der Waals surface area contributed by atoms with Crippen molar-refractivity contribution in [2.45, 2.75) is 20.3 Å². The molecular formula is C13H18ClNO2. The first-order valence-corrected chi connectivity index (χ1v) is 6.08. The molecule has 0 fully saturated rings. The highest BCUT2D eigenvalue weighted by molar-refractivity contribution is 6.31. The van der Waals surface area contributed by atoms with Crippen LogP contribution in [0.15, 0.2) is 18.2 Å². The molecule has 0 spiro atoms. The van der Waals surface area contributed by atoms with Crippen LogP contribution in [0.25, 0.3) is 0 Å². The van der Waals surface area contributed by atoms with E-state index in [1.165, 1.54) is 7.11 Å². The first-order chi connectivity index (χ1) is 8.08. The lowest BCUT2D eigenvalue weighted by atomic mass is 10.1. The van der Waals surface area contributed by atoms with E-state index < -0.39 is 0 Å². The number of rotatable bonds is 5. The lowest BCUT2D eigenvalue weighted by Gasteiger charge is -2.14. The molecule has 0 heterocycles. The van der Waals surface area contributed by atoms with E-state index in [0.717, 1.165) is 18.7 Å².